The molecule has 0 unspecified atom stereocenters. The monoisotopic (exact) mass is 292 g/mol. The van der Waals surface area contributed by atoms with Crippen LogP contribution in [0.15, 0.2) is 18.2 Å². The van der Waals surface area contributed by atoms with Crippen LogP contribution < -0.4 is 5.32 Å². The molecular formula is C17H25FN2O. The molecule has 3 rings (SSSR count). The second-order valence-corrected chi connectivity index (χ2v) is 6.33. The lowest BCUT2D eigenvalue weighted by atomic mass is 9.80. The van der Waals surface area contributed by atoms with Crippen LogP contribution in [0.25, 0.3) is 0 Å². The molecule has 116 valence electrons. The van der Waals surface area contributed by atoms with Crippen molar-refractivity contribution in [1.29, 1.82) is 0 Å². The normalized spacial score (nSPS) is 23.1. The molecule has 1 saturated carbocycles. The summed E-state index contributed by atoms with van der Waals surface area (Å²) in [6.07, 6.45) is 6.20. The first kappa shape index (κ1) is 14.8. The smallest absolute Gasteiger partial charge is 0.131 e. The molecule has 1 aliphatic heterocycles. The number of phenols is 1. The van der Waals surface area contributed by atoms with Crippen molar-refractivity contribution in [1.82, 2.24) is 10.2 Å². The lowest BCUT2D eigenvalue weighted by Gasteiger charge is -2.41. The van der Waals surface area contributed by atoms with E-state index in [0.717, 1.165) is 31.7 Å². The van der Waals surface area contributed by atoms with Gasteiger partial charge in [0.1, 0.15) is 11.6 Å². The van der Waals surface area contributed by atoms with E-state index in [4.69, 9.17) is 0 Å². The third-order valence-corrected chi connectivity index (χ3v) is 4.94. The minimum absolute atomic E-state index is 0.0129. The van der Waals surface area contributed by atoms with Crippen LogP contribution in [0.3, 0.4) is 0 Å². The van der Waals surface area contributed by atoms with E-state index in [1.807, 2.05) is 0 Å². The Bertz CT molecular complexity index is 450. The van der Waals surface area contributed by atoms with E-state index in [9.17, 15) is 9.50 Å². The Kier molecular flexibility index (Phi) is 4.76. The molecule has 1 aliphatic carbocycles. The van der Waals surface area contributed by atoms with Crippen molar-refractivity contribution >= 4 is 0 Å². The van der Waals surface area contributed by atoms with Gasteiger partial charge in [-0.25, -0.2) is 4.39 Å². The molecule has 4 heteroatoms. The van der Waals surface area contributed by atoms with Crippen molar-refractivity contribution in [2.24, 2.45) is 5.92 Å². The Morgan fingerprint density at radius 3 is 2.52 bits per heavy atom. The van der Waals surface area contributed by atoms with Gasteiger partial charge in [-0.2, -0.15) is 0 Å². The van der Waals surface area contributed by atoms with Crippen molar-refractivity contribution in [3.63, 3.8) is 0 Å². The highest BCUT2D eigenvalue weighted by molar-refractivity contribution is 5.30. The number of nitrogens with zero attached hydrogens (tertiary/aromatic N) is 1. The summed E-state index contributed by atoms with van der Waals surface area (Å²) in [6.45, 7) is 3.90. The molecule has 1 atom stereocenters. The summed E-state index contributed by atoms with van der Waals surface area (Å²) in [7, 11) is 0. The SMILES string of the molecule is Oc1ccc([C@@H](C2CCCCC2)N2CCNCC2)c(F)c1. The predicted molar refractivity (Wildman–Crippen MR) is 81.8 cm³/mol. The van der Waals surface area contributed by atoms with Gasteiger partial charge in [0.2, 0.25) is 0 Å². The third-order valence-electron chi connectivity index (χ3n) is 4.94. The molecule has 3 nitrogen and oxygen atoms in total. The zero-order valence-corrected chi connectivity index (χ0v) is 12.5. The fourth-order valence-corrected chi connectivity index (χ4v) is 3.91. The number of hydrogen-bond acceptors (Lipinski definition) is 3. The summed E-state index contributed by atoms with van der Waals surface area (Å²) >= 11 is 0. The highest BCUT2D eigenvalue weighted by Gasteiger charge is 2.32. The van der Waals surface area contributed by atoms with Gasteiger partial charge in [-0.05, 0) is 24.8 Å². The van der Waals surface area contributed by atoms with Gasteiger partial charge < -0.3 is 10.4 Å². The average molecular weight is 292 g/mol. The summed E-state index contributed by atoms with van der Waals surface area (Å²) in [5.41, 5.74) is 0.765. The largest absolute Gasteiger partial charge is 0.508 e. The second kappa shape index (κ2) is 6.75. The van der Waals surface area contributed by atoms with E-state index in [0.29, 0.717) is 5.92 Å². The Morgan fingerprint density at radius 1 is 1.14 bits per heavy atom. The van der Waals surface area contributed by atoms with E-state index in [1.54, 1.807) is 12.1 Å². The molecule has 2 aliphatic rings. The standard InChI is InChI=1S/C17H25FN2O/c18-16-12-14(21)6-7-15(16)17(13-4-2-1-3-5-13)20-10-8-19-9-11-20/h6-7,12-13,17,19,21H,1-5,8-11H2/t17-/m1/s1. The van der Waals surface area contributed by atoms with E-state index in [2.05, 4.69) is 10.2 Å². The first-order valence-electron chi connectivity index (χ1n) is 8.19. The molecule has 0 amide bonds. The van der Waals surface area contributed by atoms with Crippen LogP contribution in [0.4, 0.5) is 4.39 Å². The van der Waals surface area contributed by atoms with E-state index < -0.39 is 0 Å². The van der Waals surface area contributed by atoms with E-state index >= 15 is 0 Å². The number of hydrogen-bond donors (Lipinski definition) is 2. The molecule has 1 saturated heterocycles. The number of benzene rings is 1. The first-order chi connectivity index (χ1) is 10.3. The van der Waals surface area contributed by atoms with Crippen molar-refractivity contribution in [3.8, 4) is 5.75 Å². The molecule has 0 radical (unpaired) electrons. The van der Waals surface area contributed by atoms with Crippen LogP contribution in [-0.2, 0) is 0 Å². The molecule has 2 fully saturated rings. The lowest BCUT2D eigenvalue weighted by Crippen LogP contribution is -2.47. The Balaban J connectivity index is 1.89. The highest BCUT2D eigenvalue weighted by atomic mass is 19.1. The van der Waals surface area contributed by atoms with Crippen molar-refractivity contribution in [3.05, 3.63) is 29.6 Å². The quantitative estimate of drug-likeness (QED) is 0.899. The van der Waals surface area contributed by atoms with Crippen LogP contribution in [0, 0.1) is 11.7 Å². The second-order valence-electron chi connectivity index (χ2n) is 6.33. The maximum Gasteiger partial charge on any atom is 0.131 e. The number of piperazine rings is 1. The maximum absolute atomic E-state index is 14.4. The number of rotatable bonds is 3. The highest BCUT2D eigenvalue weighted by Crippen LogP contribution is 2.39. The zero-order valence-electron chi connectivity index (χ0n) is 12.5. The van der Waals surface area contributed by atoms with Gasteiger partial charge in [0, 0.05) is 43.9 Å². The fraction of sp³-hybridized carbons (Fsp3) is 0.647. The molecule has 0 bridgehead atoms. The van der Waals surface area contributed by atoms with Crippen molar-refractivity contribution in [2.75, 3.05) is 26.2 Å². The fourth-order valence-electron chi connectivity index (χ4n) is 3.91. The molecule has 0 spiro atoms. The number of phenolic OH excluding ortho intramolecular Hbond substituents is 1. The summed E-state index contributed by atoms with van der Waals surface area (Å²) < 4.78 is 14.4. The van der Waals surface area contributed by atoms with Gasteiger partial charge in [-0.1, -0.05) is 25.3 Å². The maximum atomic E-state index is 14.4. The van der Waals surface area contributed by atoms with Gasteiger partial charge in [0.25, 0.3) is 0 Å². The summed E-state index contributed by atoms with van der Waals surface area (Å²) in [5.74, 6) is 0.291. The lowest BCUT2D eigenvalue weighted by molar-refractivity contribution is 0.100. The molecule has 21 heavy (non-hydrogen) atoms. The summed E-state index contributed by atoms with van der Waals surface area (Å²) in [6, 6.07) is 4.82. The molecule has 1 heterocycles. The minimum atomic E-state index is -0.260. The van der Waals surface area contributed by atoms with Gasteiger partial charge >= 0.3 is 0 Å². The van der Waals surface area contributed by atoms with Crippen LogP contribution in [-0.4, -0.2) is 36.2 Å². The van der Waals surface area contributed by atoms with E-state index in [1.165, 1.54) is 38.2 Å². The minimum Gasteiger partial charge on any atom is -0.508 e. The van der Waals surface area contributed by atoms with Crippen LogP contribution in [0.5, 0.6) is 5.75 Å². The average Bonchev–Trinajstić information content (AvgIpc) is 2.52. The van der Waals surface area contributed by atoms with Gasteiger partial charge in [-0.15, -0.1) is 0 Å². The Morgan fingerprint density at radius 2 is 1.86 bits per heavy atom. The number of halogens is 1. The zero-order chi connectivity index (χ0) is 14.7. The van der Waals surface area contributed by atoms with Crippen LogP contribution >= 0.6 is 0 Å². The van der Waals surface area contributed by atoms with Crippen molar-refractivity contribution in [2.45, 2.75) is 38.1 Å². The Labute approximate surface area is 126 Å². The van der Waals surface area contributed by atoms with E-state index in [-0.39, 0.29) is 17.6 Å². The van der Waals surface area contributed by atoms with Gasteiger partial charge in [0.05, 0.1) is 0 Å². The molecule has 1 aromatic carbocycles. The number of nitrogens with one attached hydrogen (secondary N) is 1. The molecule has 2 N–H and O–H groups in total. The summed E-state index contributed by atoms with van der Waals surface area (Å²) in [4.78, 5) is 2.43. The molecule has 1 aromatic rings. The first-order valence-corrected chi connectivity index (χ1v) is 8.19. The van der Waals surface area contributed by atoms with Crippen LogP contribution in [0.1, 0.15) is 43.7 Å². The third kappa shape index (κ3) is 3.38. The molecular weight excluding hydrogens is 267 g/mol. The van der Waals surface area contributed by atoms with Gasteiger partial charge in [0.15, 0.2) is 0 Å². The molecule has 0 aromatic heterocycles. The summed E-state index contributed by atoms with van der Waals surface area (Å²) in [5, 5.41) is 12.8. The Hall–Kier alpha value is -1.13. The number of aromatic hydroxyl groups is 1. The van der Waals surface area contributed by atoms with Crippen LogP contribution in [0.2, 0.25) is 0 Å². The predicted octanol–water partition coefficient (Wildman–Crippen LogP) is 3.06. The topological polar surface area (TPSA) is 35.5 Å². The van der Waals surface area contributed by atoms with Crippen molar-refractivity contribution < 1.29 is 9.50 Å². The van der Waals surface area contributed by atoms with Gasteiger partial charge in [-0.3, -0.25) is 4.90 Å².